The van der Waals surface area contributed by atoms with Crippen LogP contribution in [0.5, 0.6) is 0 Å². The summed E-state index contributed by atoms with van der Waals surface area (Å²) in [7, 11) is 0. The van der Waals surface area contributed by atoms with E-state index in [1.165, 1.54) is 11.3 Å². The van der Waals surface area contributed by atoms with Gasteiger partial charge in [0.25, 0.3) is 5.89 Å². The highest BCUT2D eigenvalue weighted by molar-refractivity contribution is 7.19. The number of nitrogens with zero attached hydrogens (tertiary/aromatic N) is 2. The average Bonchev–Trinajstić information content (AvgIpc) is 3.07. The highest BCUT2D eigenvalue weighted by atomic mass is 35.5. The summed E-state index contributed by atoms with van der Waals surface area (Å²) >= 11 is 13.6. The molecule has 3 aromatic rings. The number of aromatic nitrogens is 2. The fourth-order valence-electron chi connectivity index (χ4n) is 1.63. The molecule has 0 saturated carbocycles. The van der Waals surface area contributed by atoms with Gasteiger partial charge in [-0.15, -0.1) is 33.1 Å². The van der Waals surface area contributed by atoms with Crippen molar-refractivity contribution in [2.45, 2.75) is 5.38 Å². The lowest BCUT2D eigenvalue weighted by molar-refractivity contribution is 0.514. The first kappa shape index (κ1) is 12.7. The highest BCUT2D eigenvalue weighted by Gasteiger charge is 2.19. The molecule has 0 aliphatic heterocycles. The lowest BCUT2D eigenvalue weighted by Crippen LogP contribution is -1.92. The smallest absolute Gasteiger partial charge is 0.257 e. The molecule has 1 aromatic carbocycles. The van der Waals surface area contributed by atoms with E-state index in [0.29, 0.717) is 16.1 Å². The second kappa shape index (κ2) is 5.33. The van der Waals surface area contributed by atoms with Crippen LogP contribution in [0.2, 0.25) is 4.34 Å². The SMILES string of the molecule is Clc1ccc(-c2nnc(C(Cl)c3ccccc3)o2)s1. The van der Waals surface area contributed by atoms with Crippen LogP contribution in [0.25, 0.3) is 10.8 Å². The van der Waals surface area contributed by atoms with E-state index in [2.05, 4.69) is 10.2 Å². The fourth-order valence-corrected chi connectivity index (χ4v) is 2.83. The van der Waals surface area contributed by atoms with Crippen molar-refractivity contribution in [1.82, 2.24) is 10.2 Å². The van der Waals surface area contributed by atoms with Crippen LogP contribution in [-0.4, -0.2) is 10.2 Å². The maximum Gasteiger partial charge on any atom is 0.257 e. The van der Waals surface area contributed by atoms with E-state index < -0.39 is 5.38 Å². The van der Waals surface area contributed by atoms with Crippen LogP contribution in [0.15, 0.2) is 46.9 Å². The normalized spacial score (nSPS) is 12.5. The molecule has 2 heterocycles. The third-order valence-electron chi connectivity index (χ3n) is 2.53. The maximum atomic E-state index is 6.32. The van der Waals surface area contributed by atoms with Crippen molar-refractivity contribution in [3.8, 4) is 10.8 Å². The zero-order valence-electron chi connectivity index (χ0n) is 9.59. The molecule has 0 amide bonds. The zero-order chi connectivity index (χ0) is 13.2. The molecule has 1 atom stereocenters. The summed E-state index contributed by atoms with van der Waals surface area (Å²) in [6.45, 7) is 0. The molecule has 0 fully saturated rings. The van der Waals surface area contributed by atoms with Crippen LogP contribution >= 0.6 is 34.5 Å². The number of thiophene rings is 1. The number of benzene rings is 1. The predicted molar refractivity (Wildman–Crippen MR) is 76.8 cm³/mol. The Bertz CT molecular complexity index is 681. The molecule has 0 aliphatic carbocycles. The Morgan fingerprint density at radius 3 is 2.53 bits per heavy atom. The lowest BCUT2D eigenvalue weighted by Gasteiger charge is -2.03. The van der Waals surface area contributed by atoms with E-state index in [0.717, 1.165) is 10.4 Å². The Morgan fingerprint density at radius 1 is 1.05 bits per heavy atom. The number of hydrogen-bond donors (Lipinski definition) is 0. The molecule has 1 unspecified atom stereocenters. The van der Waals surface area contributed by atoms with Gasteiger partial charge >= 0.3 is 0 Å². The van der Waals surface area contributed by atoms with Crippen molar-refractivity contribution in [3.05, 3.63) is 58.3 Å². The molecule has 96 valence electrons. The average molecular weight is 311 g/mol. The zero-order valence-corrected chi connectivity index (χ0v) is 11.9. The molecule has 0 radical (unpaired) electrons. The van der Waals surface area contributed by atoms with Crippen LogP contribution in [0.3, 0.4) is 0 Å². The minimum atomic E-state index is -0.446. The first-order valence-electron chi connectivity index (χ1n) is 5.52. The molecule has 3 rings (SSSR count). The number of hydrogen-bond acceptors (Lipinski definition) is 4. The second-order valence-electron chi connectivity index (χ2n) is 3.82. The molecule has 0 N–H and O–H groups in total. The summed E-state index contributed by atoms with van der Waals surface area (Å²) in [4.78, 5) is 0.834. The first-order chi connectivity index (χ1) is 9.24. The molecule has 3 nitrogen and oxygen atoms in total. The molecule has 6 heteroatoms. The van der Waals surface area contributed by atoms with E-state index >= 15 is 0 Å². The summed E-state index contributed by atoms with van der Waals surface area (Å²) < 4.78 is 6.28. The van der Waals surface area contributed by atoms with Gasteiger partial charge in [-0.25, -0.2) is 0 Å². The molecule has 0 aliphatic rings. The van der Waals surface area contributed by atoms with E-state index in [1.54, 1.807) is 6.07 Å². The standard InChI is InChI=1S/C13H8Cl2N2OS/c14-10-7-6-9(19-10)12-16-17-13(18-12)11(15)8-4-2-1-3-5-8/h1-7,11H. The maximum absolute atomic E-state index is 6.32. The van der Waals surface area contributed by atoms with Crippen molar-refractivity contribution in [3.63, 3.8) is 0 Å². The first-order valence-corrected chi connectivity index (χ1v) is 7.15. The Hall–Kier alpha value is -1.36. The second-order valence-corrected chi connectivity index (χ2v) is 5.97. The van der Waals surface area contributed by atoms with Gasteiger partial charge in [-0.3, -0.25) is 0 Å². The summed E-state index contributed by atoms with van der Waals surface area (Å²) in [6, 6.07) is 13.2. The van der Waals surface area contributed by atoms with Crippen LogP contribution in [-0.2, 0) is 0 Å². The van der Waals surface area contributed by atoms with Gasteiger partial charge in [0.2, 0.25) is 5.89 Å². The number of rotatable bonds is 3. The monoisotopic (exact) mass is 310 g/mol. The summed E-state index contributed by atoms with van der Waals surface area (Å²) in [5.74, 6) is 0.820. The Kier molecular flexibility index (Phi) is 3.55. The van der Waals surface area contributed by atoms with Crippen molar-refractivity contribution in [2.24, 2.45) is 0 Å². The van der Waals surface area contributed by atoms with Crippen LogP contribution < -0.4 is 0 Å². The summed E-state index contributed by atoms with van der Waals surface area (Å²) in [5, 5.41) is 7.54. The van der Waals surface area contributed by atoms with Crippen LogP contribution in [0.4, 0.5) is 0 Å². The van der Waals surface area contributed by atoms with Crippen molar-refractivity contribution >= 4 is 34.5 Å². The van der Waals surface area contributed by atoms with Gasteiger partial charge in [-0.2, -0.15) is 0 Å². The topological polar surface area (TPSA) is 38.9 Å². The van der Waals surface area contributed by atoms with Gasteiger partial charge in [0.1, 0.15) is 5.38 Å². The van der Waals surface area contributed by atoms with Crippen LogP contribution in [0, 0.1) is 0 Å². The number of alkyl halides is 1. The van der Waals surface area contributed by atoms with E-state index in [-0.39, 0.29) is 0 Å². The lowest BCUT2D eigenvalue weighted by atomic mass is 10.1. The molecule has 2 aromatic heterocycles. The largest absolute Gasteiger partial charge is 0.418 e. The third-order valence-corrected chi connectivity index (χ3v) is 4.19. The Labute approximate surface area is 123 Å². The molecular weight excluding hydrogens is 303 g/mol. The molecule has 0 bridgehead atoms. The summed E-state index contributed by atoms with van der Waals surface area (Å²) in [6.07, 6.45) is 0. The van der Waals surface area contributed by atoms with Gasteiger partial charge in [0, 0.05) is 0 Å². The van der Waals surface area contributed by atoms with E-state index in [9.17, 15) is 0 Å². The minimum absolute atomic E-state index is 0.382. The molecule has 0 spiro atoms. The fraction of sp³-hybridized carbons (Fsp3) is 0.0769. The number of halogens is 2. The predicted octanol–water partition coefficient (Wildman–Crippen LogP) is 4.78. The minimum Gasteiger partial charge on any atom is -0.418 e. The van der Waals surface area contributed by atoms with Crippen molar-refractivity contribution in [2.75, 3.05) is 0 Å². The van der Waals surface area contributed by atoms with Crippen LogP contribution in [0.1, 0.15) is 16.8 Å². The quantitative estimate of drug-likeness (QED) is 0.653. The molecule has 0 saturated heterocycles. The van der Waals surface area contributed by atoms with Gasteiger partial charge in [0.05, 0.1) is 9.21 Å². The van der Waals surface area contributed by atoms with Crippen molar-refractivity contribution < 1.29 is 4.42 Å². The van der Waals surface area contributed by atoms with Crippen molar-refractivity contribution in [1.29, 1.82) is 0 Å². The van der Waals surface area contributed by atoms with E-state index in [4.69, 9.17) is 27.6 Å². The Morgan fingerprint density at radius 2 is 1.84 bits per heavy atom. The highest BCUT2D eigenvalue weighted by Crippen LogP contribution is 2.33. The molecular formula is C13H8Cl2N2OS. The summed E-state index contributed by atoms with van der Waals surface area (Å²) in [5.41, 5.74) is 0.920. The molecule has 19 heavy (non-hydrogen) atoms. The van der Waals surface area contributed by atoms with E-state index in [1.807, 2.05) is 36.4 Å². The van der Waals surface area contributed by atoms with Gasteiger partial charge in [-0.05, 0) is 17.7 Å². The Balaban J connectivity index is 1.89. The van der Waals surface area contributed by atoms with Gasteiger partial charge < -0.3 is 4.42 Å². The van der Waals surface area contributed by atoms with Gasteiger partial charge in [0.15, 0.2) is 0 Å². The third kappa shape index (κ3) is 2.66. The van der Waals surface area contributed by atoms with Gasteiger partial charge in [-0.1, -0.05) is 41.9 Å².